The number of hydrogen-bond donors (Lipinski definition) is 3. The van der Waals surface area contributed by atoms with Crippen LogP contribution in [0.2, 0.25) is 0 Å². The first-order valence-corrected chi connectivity index (χ1v) is 13.4. The molecule has 4 saturated carbocycles. The molecule has 11 atom stereocenters. The van der Waals surface area contributed by atoms with Crippen molar-refractivity contribution in [2.75, 3.05) is 0 Å². The van der Waals surface area contributed by atoms with Crippen molar-refractivity contribution in [2.45, 2.75) is 104 Å². The summed E-state index contributed by atoms with van der Waals surface area (Å²) in [6, 6.07) is 0. The third kappa shape index (κ3) is 3.38. The number of tetrazole rings is 1. The van der Waals surface area contributed by atoms with Gasteiger partial charge in [-0.1, -0.05) is 34.1 Å². The van der Waals surface area contributed by atoms with Crippen LogP contribution in [0.15, 0.2) is 0 Å². The van der Waals surface area contributed by atoms with Gasteiger partial charge in [-0.2, -0.15) is 0 Å². The van der Waals surface area contributed by atoms with E-state index in [1.165, 1.54) is 25.7 Å². The number of aliphatic hydroxyl groups is 2. The maximum Gasteiger partial charge on any atom is 0.148 e. The topological polar surface area (TPSA) is 94.9 Å². The zero-order valence-electron chi connectivity index (χ0n) is 20.5. The Morgan fingerprint density at radius 1 is 1.03 bits per heavy atom. The molecule has 32 heavy (non-hydrogen) atoms. The molecule has 6 nitrogen and oxygen atoms in total. The molecular formula is C26H44N4O2. The van der Waals surface area contributed by atoms with E-state index >= 15 is 0 Å². The van der Waals surface area contributed by atoms with Crippen LogP contribution < -0.4 is 0 Å². The van der Waals surface area contributed by atoms with Crippen LogP contribution in [-0.4, -0.2) is 43.0 Å². The summed E-state index contributed by atoms with van der Waals surface area (Å²) in [5.74, 6) is 4.76. The van der Waals surface area contributed by atoms with Gasteiger partial charge in [0.05, 0.1) is 12.2 Å². The van der Waals surface area contributed by atoms with Crippen LogP contribution in [0, 0.1) is 52.3 Å². The smallest absolute Gasteiger partial charge is 0.148 e. The third-order valence-electron chi connectivity index (χ3n) is 11.4. The van der Waals surface area contributed by atoms with E-state index in [1.54, 1.807) is 0 Å². The molecule has 5 rings (SSSR count). The van der Waals surface area contributed by atoms with Gasteiger partial charge in [-0.3, -0.25) is 0 Å². The van der Waals surface area contributed by atoms with Gasteiger partial charge < -0.3 is 10.2 Å². The first-order chi connectivity index (χ1) is 15.3. The van der Waals surface area contributed by atoms with Crippen LogP contribution in [0.1, 0.15) is 91.3 Å². The van der Waals surface area contributed by atoms with Gasteiger partial charge in [0.25, 0.3) is 0 Å². The molecule has 0 saturated heterocycles. The number of nitrogens with one attached hydrogen (secondary N) is 1. The molecule has 4 aliphatic rings. The molecule has 0 radical (unpaired) electrons. The van der Waals surface area contributed by atoms with Gasteiger partial charge in [-0.25, -0.2) is 5.10 Å². The molecule has 1 aromatic heterocycles. The van der Waals surface area contributed by atoms with Crippen LogP contribution >= 0.6 is 0 Å². The molecule has 1 unspecified atom stereocenters. The molecule has 1 aromatic rings. The molecule has 0 aliphatic heterocycles. The molecule has 1 heterocycles. The van der Waals surface area contributed by atoms with Crippen molar-refractivity contribution in [3.05, 3.63) is 5.82 Å². The van der Waals surface area contributed by atoms with Crippen LogP contribution in [0.5, 0.6) is 0 Å². The number of aliphatic hydroxyl groups excluding tert-OH is 2. The molecule has 3 N–H and O–H groups in total. The number of aromatic nitrogens is 4. The van der Waals surface area contributed by atoms with Crippen molar-refractivity contribution in [1.29, 1.82) is 0 Å². The van der Waals surface area contributed by atoms with E-state index in [-0.39, 0.29) is 17.6 Å². The van der Waals surface area contributed by atoms with E-state index in [0.717, 1.165) is 50.3 Å². The van der Waals surface area contributed by atoms with Crippen molar-refractivity contribution in [3.63, 3.8) is 0 Å². The summed E-state index contributed by atoms with van der Waals surface area (Å²) in [4.78, 5) is 0. The number of aromatic amines is 1. The molecule has 0 aromatic carbocycles. The molecule has 0 amide bonds. The van der Waals surface area contributed by atoms with E-state index in [2.05, 4.69) is 48.3 Å². The lowest BCUT2D eigenvalue weighted by Crippen LogP contribution is -2.62. The fourth-order valence-electron chi connectivity index (χ4n) is 9.78. The Bertz CT molecular complexity index is 787. The van der Waals surface area contributed by atoms with E-state index in [0.29, 0.717) is 40.9 Å². The maximum atomic E-state index is 11.8. The molecule has 6 heteroatoms. The standard InChI is InChI=1S/C26H44N4O2/c1-5-17-21-14-16(31)10-12-26(21,4)20-11-13-25(3)18(7-8-19(25)23(20)24(17)32)15(2)6-9-22-27-29-30-28-22/h15-21,23-24,31-32H,5-14H2,1-4H3,(H,27,28,29,30)/t15-,16-,17?,18-,19+,20+,21+,23+,24-,25-,26-/m1/s1. The van der Waals surface area contributed by atoms with Crippen LogP contribution in [-0.2, 0) is 6.42 Å². The fraction of sp³-hybridized carbons (Fsp3) is 0.962. The quantitative estimate of drug-likeness (QED) is 0.626. The number of aryl methyl sites for hydroxylation is 1. The monoisotopic (exact) mass is 444 g/mol. The number of nitrogens with zero attached hydrogens (tertiary/aromatic N) is 3. The normalized spacial score (nSPS) is 49.2. The Labute approximate surface area is 193 Å². The lowest BCUT2D eigenvalue weighted by molar-refractivity contribution is -0.203. The minimum atomic E-state index is -0.202. The highest BCUT2D eigenvalue weighted by Crippen LogP contribution is 2.69. The van der Waals surface area contributed by atoms with E-state index in [4.69, 9.17) is 0 Å². The Hall–Kier alpha value is -1.01. The van der Waals surface area contributed by atoms with Crippen molar-refractivity contribution >= 4 is 0 Å². The highest BCUT2D eigenvalue weighted by atomic mass is 16.3. The lowest BCUT2D eigenvalue weighted by atomic mass is 9.41. The summed E-state index contributed by atoms with van der Waals surface area (Å²) in [7, 11) is 0. The van der Waals surface area contributed by atoms with E-state index in [1.807, 2.05) is 0 Å². The Morgan fingerprint density at radius 3 is 2.50 bits per heavy atom. The minimum Gasteiger partial charge on any atom is -0.393 e. The zero-order valence-corrected chi connectivity index (χ0v) is 20.5. The van der Waals surface area contributed by atoms with Gasteiger partial charge in [0.2, 0.25) is 0 Å². The van der Waals surface area contributed by atoms with E-state index in [9.17, 15) is 10.2 Å². The molecule has 180 valence electrons. The Kier molecular flexibility index (Phi) is 5.93. The molecule has 4 fully saturated rings. The molecule has 0 bridgehead atoms. The van der Waals surface area contributed by atoms with Gasteiger partial charge in [0, 0.05) is 6.42 Å². The molecule has 4 aliphatic carbocycles. The number of fused-ring (bicyclic) bond motifs is 5. The zero-order chi connectivity index (χ0) is 22.7. The summed E-state index contributed by atoms with van der Waals surface area (Å²) in [5.41, 5.74) is 0.616. The van der Waals surface area contributed by atoms with Crippen molar-refractivity contribution < 1.29 is 10.2 Å². The number of hydrogen-bond acceptors (Lipinski definition) is 5. The first-order valence-electron chi connectivity index (χ1n) is 13.4. The van der Waals surface area contributed by atoms with Crippen LogP contribution in [0.4, 0.5) is 0 Å². The summed E-state index contributed by atoms with van der Waals surface area (Å²) in [6.07, 6.45) is 10.8. The van der Waals surface area contributed by atoms with Crippen molar-refractivity contribution in [1.82, 2.24) is 20.6 Å². The third-order valence-corrected chi connectivity index (χ3v) is 11.4. The van der Waals surface area contributed by atoms with Gasteiger partial charge in [-0.15, -0.1) is 5.10 Å². The fourth-order valence-corrected chi connectivity index (χ4v) is 9.78. The van der Waals surface area contributed by atoms with Gasteiger partial charge in [0.15, 0.2) is 0 Å². The number of H-pyrrole nitrogens is 1. The average molecular weight is 445 g/mol. The predicted octanol–water partition coefficient (Wildman–Crippen LogP) is 4.40. The summed E-state index contributed by atoms with van der Waals surface area (Å²) in [5, 5.41) is 36.7. The largest absolute Gasteiger partial charge is 0.393 e. The molecular weight excluding hydrogens is 400 g/mol. The number of rotatable bonds is 5. The van der Waals surface area contributed by atoms with Crippen LogP contribution in [0.25, 0.3) is 0 Å². The predicted molar refractivity (Wildman–Crippen MR) is 123 cm³/mol. The van der Waals surface area contributed by atoms with E-state index < -0.39 is 0 Å². The summed E-state index contributed by atoms with van der Waals surface area (Å²) in [6.45, 7) is 9.78. The summed E-state index contributed by atoms with van der Waals surface area (Å²) >= 11 is 0. The lowest BCUT2D eigenvalue weighted by Gasteiger charge is -2.64. The second kappa shape index (κ2) is 8.33. The Morgan fingerprint density at radius 2 is 1.78 bits per heavy atom. The van der Waals surface area contributed by atoms with Gasteiger partial charge >= 0.3 is 0 Å². The van der Waals surface area contributed by atoms with Crippen molar-refractivity contribution in [2.24, 2.45) is 52.3 Å². The highest BCUT2D eigenvalue weighted by molar-refractivity contribution is 5.13. The SMILES string of the molecule is CCC1[C@@H](O)[C@@H]2[C@H](CC[C@]3(C)[C@@H]([C@H](C)CCc4nnn[nH]4)CC[C@@H]23)[C@@]2(C)CC[C@@H](O)C[C@@H]12. The summed E-state index contributed by atoms with van der Waals surface area (Å²) < 4.78 is 0. The van der Waals surface area contributed by atoms with Crippen molar-refractivity contribution in [3.8, 4) is 0 Å². The van der Waals surface area contributed by atoms with Crippen LogP contribution in [0.3, 0.4) is 0 Å². The maximum absolute atomic E-state index is 11.8. The van der Waals surface area contributed by atoms with Gasteiger partial charge in [0.1, 0.15) is 5.82 Å². The highest BCUT2D eigenvalue weighted by Gasteiger charge is 2.64. The molecule has 0 spiro atoms. The van der Waals surface area contributed by atoms with Gasteiger partial charge in [-0.05, 0) is 114 Å². The Balaban J connectivity index is 1.38. The second-order valence-corrected chi connectivity index (χ2v) is 12.5. The first kappa shape index (κ1) is 22.8. The second-order valence-electron chi connectivity index (χ2n) is 12.5. The minimum absolute atomic E-state index is 0.170. The average Bonchev–Trinajstić information content (AvgIpc) is 3.41.